The lowest BCUT2D eigenvalue weighted by atomic mass is 9.77. The van der Waals surface area contributed by atoms with Crippen LogP contribution in [0.15, 0.2) is 18.2 Å². The topological polar surface area (TPSA) is 57.6 Å². The summed E-state index contributed by atoms with van der Waals surface area (Å²) in [6.07, 6.45) is 10.4. The van der Waals surface area contributed by atoms with Crippen molar-refractivity contribution < 1.29 is 14.7 Å². The Hall–Kier alpha value is -1.84. The van der Waals surface area contributed by atoms with Gasteiger partial charge in [-0.25, -0.2) is 0 Å². The minimum Gasteiger partial charge on any atom is -0.508 e. The van der Waals surface area contributed by atoms with Crippen LogP contribution in [-0.4, -0.2) is 34.8 Å². The Morgan fingerprint density at radius 3 is 2.16 bits per heavy atom. The SMILES string of the molecule is CC.CCCC(=O)C1CCC(N(C)C(=O)CC2CCC(c3cc(C)cc(O)c3)CC2)CC1. The number of aryl methyl sites for hydroxylation is 1. The van der Waals surface area contributed by atoms with Crippen LogP contribution in [0, 0.1) is 18.8 Å². The first kappa shape index (κ1) is 26.4. The summed E-state index contributed by atoms with van der Waals surface area (Å²) in [4.78, 5) is 27.0. The molecule has 180 valence electrons. The molecule has 0 spiro atoms. The molecule has 2 fully saturated rings. The molecule has 0 atom stereocenters. The molecule has 1 aromatic carbocycles. The maximum absolute atomic E-state index is 12.9. The highest BCUT2D eigenvalue weighted by Crippen LogP contribution is 2.39. The van der Waals surface area contributed by atoms with Crippen LogP contribution in [0.25, 0.3) is 0 Å². The molecule has 2 aliphatic carbocycles. The normalized spacial score (nSPS) is 25.4. The predicted molar refractivity (Wildman–Crippen MR) is 132 cm³/mol. The Morgan fingerprint density at radius 2 is 1.59 bits per heavy atom. The molecular weight excluding hydrogens is 398 g/mol. The number of ketones is 1. The van der Waals surface area contributed by atoms with E-state index in [4.69, 9.17) is 0 Å². The first-order chi connectivity index (χ1) is 15.4. The van der Waals surface area contributed by atoms with Gasteiger partial charge in [-0.1, -0.05) is 26.8 Å². The van der Waals surface area contributed by atoms with Gasteiger partial charge in [-0.3, -0.25) is 9.59 Å². The molecular formula is C28H45NO3. The highest BCUT2D eigenvalue weighted by Gasteiger charge is 2.31. The Labute approximate surface area is 195 Å². The maximum atomic E-state index is 12.9. The van der Waals surface area contributed by atoms with Crippen LogP contribution >= 0.6 is 0 Å². The van der Waals surface area contributed by atoms with E-state index >= 15 is 0 Å². The molecule has 4 nitrogen and oxygen atoms in total. The average Bonchev–Trinajstić information content (AvgIpc) is 2.80. The number of amides is 1. The Balaban J connectivity index is 0.00000176. The van der Waals surface area contributed by atoms with Crippen LogP contribution in [-0.2, 0) is 9.59 Å². The number of carbonyl (C=O) groups excluding carboxylic acids is 2. The fraction of sp³-hybridized carbons (Fsp3) is 0.714. The molecule has 1 amide bonds. The number of nitrogens with zero attached hydrogens (tertiary/aromatic N) is 1. The quantitative estimate of drug-likeness (QED) is 0.505. The minimum absolute atomic E-state index is 0.223. The molecule has 0 bridgehead atoms. The highest BCUT2D eigenvalue weighted by atomic mass is 16.3. The van der Waals surface area contributed by atoms with Crippen molar-refractivity contribution in [3.05, 3.63) is 29.3 Å². The maximum Gasteiger partial charge on any atom is 0.222 e. The second-order valence-electron chi connectivity index (χ2n) is 9.75. The number of aromatic hydroxyl groups is 1. The van der Waals surface area contributed by atoms with Gasteiger partial charge in [-0.05, 0) is 99.8 Å². The van der Waals surface area contributed by atoms with Crippen molar-refractivity contribution in [2.24, 2.45) is 11.8 Å². The zero-order valence-corrected chi connectivity index (χ0v) is 21.0. The number of hydrogen-bond donors (Lipinski definition) is 1. The fourth-order valence-electron chi connectivity index (χ4n) is 5.56. The van der Waals surface area contributed by atoms with Gasteiger partial charge in [-0.15, -0.1) is 0 Å². The van der Waals surface area contributed by atoms with Crippen molar-refractivity contribution in [2.75, 3.05) is 7.05 Å². The third kappa shape index (κ3) is 7.35. The number of benzene rings is 1. The molecule has 2 aliphatic rings. The van der Waals surface area contributed by atoms with E-state index in [1.54, 1.807) is 6.07 Å². The molecule has 0 aromatic heterocycles. The third-order valence-corrected chi connectivity index (χ3v) is 7.46. The van der Waals surface area contributed by atoms with E-state index in [9.17, 15) is 14.7 Å². The summed E-state index contributed by atoms with van der Waals surface area (Å²) in [6, 6.07) is 6.19. The molecule has 0 unspecified atom stereocenters. The number of carbonyl (C=O) groups is 2. The summed E-state index contributed by atoms with van der Waals surface area (Å²) >= 11 is 0. The average molecular weight is 444 g/mol. The van der Waals surface area contributed by atoms with E-state index in [2.05, 4.69) is 13.0 Å². The van der Waals surface area contributed by atoms with E-state index in [1.807, 2.05) is 38.8 Å². The highest BCUT2D eigenvalue weighted by molar-refractivity contribution is 5.81. The summed E-state index contributed by atoms with van der Waals surface area (Å²) in [5, 5.41) is 9.88. The Bertz CT molecular complexity index is 708. The van der Waals surface area contributed by atoms with Gasteiger partial charge in [0.25, 0.3) is 0 Å². The Morgan fingerprint density at radius 1 is 0.969 bits per heavy atom. The minimum atomic E-state index is 0.223. The van der Waals surface area contributed by atoms with Gasteiger partial charge in [0.15, 0.2) is 0 Å². The van der Waals surface area contributed by atoms with Crippen molar-refractivity contribution in [3.8, 4) is 5.75 Å². The van der Waals surface area contributed by atoms with Gasteiger partial charge in [0.05, 0.1) is 0 Å². The summed E-state index contributed by atoms with van der Waals surface area (Å²) in [7, 11) is 1.96. The van der Waals surface area contributed by atoms with Crippen molar-refractivity contribution in [2.45, 2.75) is 110 Å². The first-order valence-electron chi connectivity index (χ1n) is 13.0. The molecule has 2 saturated carbocycles. The summed E-state index contributed by atoms with van der Waals surface area (Å²) in [6.45, 7) is 8.09. The van der Waals surface area contributed by atoms with Gasteiger partial charge in [-0.2, -0.15) is 0 Å². The van der Waals surface area contributed by atoms with Gasteiger partial charge < -0.3 is 10.0 Å². The molecule has 32 heavy (non-hydrogen) atoms. The first-order valence-corrected chi connectivity index (χ1v) is 13.0. The number of phenols is 1. The molecule has 0 saturated heterocycles. The summed E-state index contributed by atoms with van der Waals surface area (Å²) in [5.41, 5.74) is 2.35. The van der Waals surface area contributed by atoms with E-state index in [-0.39, 0.29) is 11.8 Å². The fourth-order valence-corrected chi connectivity index (χ4v) is 5.56. The Kier molecular flexibility index (Phi) is 10.7. The monoisotopic (exact) mass is 443 g/mol. The predicted octanol–water partition coefficient (Wildman–Crippen LogP) is 6.78. The van der Waals surface area contributed by atoms with Crippen LogP contribution in [0.5, 0.6) is 5.75 Å². The van der Waals surface area contributed by atoms with E-state index in [0.29, 0.717) is 42.3 Å². The lowest BCUT2D eigenvalue weighted by molar-refractivity contribution is -0.134. The van der Waals surface area contributed by atoms with Crippen molar-refractivity contribution in [3.63, 3.8) is 0 Å². The number of phenolic OH excluding ortho intramolecular Hbond substituents is 1. The van der Waals surface area contributed by atoms with Gasteiger partial charge in [0.1, 0.15) is 11.5 Å². The van der Waals surface area contributed by atoms with Gasteiger partial charge >= 0.3 is 0 Å². The molecule has 0 heterocycles. The largest absolute Gasteiger partial charge is 0.508 e. The number of hydrogen-bond acceptors (Lipinski definition) is 3. The zero-order valence-electron chi connectivity index (χ0n) is 21.0. The standard InChI is InChI=1S/C26H39NO3.C2H6/c1-4-5-25(29)21-10-12-23(13-11-21)27(3)26(30)16-19-6-8-20(9-7-19)22-14-18(2)15-24(28)17-22;1-2/h14-15,17,19-21,23,28H,4-13,16H2,1-3H3;1-2H3. The van der Waals surface area contributed by atoms with Gasteiger partial charge in [0, 0.05) is 31.8 Å². The molecule has 1 aromatic rings. The molecule has 4 heteroatoms. The number of Topliss-reactive ketones (excluding diaryl/α,β-unsaturated/α-hetero) is 1. The van der Waals surface area contributed by atoms with Crippen LogP contribution < -0.4 is 0 Å². The van der Waals surface area contributed by atoms with Crippen LogP contribution in [0.3, 0.4) is 0 Å². The molecule has 0 radical (unpaired) electrons. The third-order valence-electron chi connectivity index (χ3n) is 7.46. The summed E-state index contributed by atoms with van der Waals surface area (Å²) < 4.78 is 0. The second-order valence-corrected chi connectivity index (χ2v) is 9.75. The lowest BCUT2D eigenvalue weighted by Crippen LogP contribution is -2.41. The van der Waals surface area contributed by atoms with E-state index in [1.165, 1.54) is 5.56 Å². The molecule has 1 N–H and O–H groups in total. The van der Waals surface area contributed by atoms with Crippen molar-refractivity contribution in [1.29, 1.82) is 0 Å². The van der Waals surface area contributed by atoms with Crippen LogP contribution in [0.4, 0.5) is 0 Å². The van der Waals surface area contributed by atoms with E-state index < -0.39 is 0 Å². The second kappa shape index (κ2) is 13.0. The summed E-state index contributed by atoms with van der Waals surface area (Å²) in [5.74, 6) is 2.24. The van der Waals surface area contributed by atoms with Gasteiger partial charge in [0.2, 0.25) is 5.91 Å². The van der Waals surface area contributed by atoms with Crippen molar-refractivity contribution >= 4 is 11.7 Å². The van der Waals surface area contributed by atoms with Crippen molar-refractivity contribution in [1.82, 2.24) is 4.90 Å². The smallest absolute Gasteiger partial charge is 0.222 e. The van der Waals surface area contributed by atoms with Crippen LogP contribution in [0.2, 0.25) is 0 Å². The van der Waals surface area contributed by atoms with Crippen LogP contribution in [0.1, 0.15) is 108 Å². The molecule has 0 aliphatic heterocycles. The molecule has 3 rings (SSSR count). The number of rotatable bonds is 7. The zero-order chi connectivity index (χ0) is 23.7. The van der Waals surface area contributed by atoms with E-state index in [0.717, 1.165) is 63.4 Å². The lowest BCUT2D eigenvalue weighted by Gasteiger charge is -2.36.